The molecule has 0 aromatic heterocycles. The molecule has 2 saturated carbocycles. The van der Waals surface area contributed by atoms with Gasteiger partial charge < -0.3 is 4.74 Å². The van der Waals surface area contributed by atoms with E-state index in [1.807, 2.05) is 0 Å². The van der Waals surface area contributed by atoms with Gasteiger partial charge in [-0.1, -0.05) is 52.4 Å². The number of ether oxygens (including phenoxy) is 1. The quantitative estimate of drug-likeness (QED) is 0.650. The summed E-state index contributed by atoms with van der Waals surface area (Å²) in [6.07, 6.45) is 13.9. The molecule has 0 heterocycles. The van der Waals surface area contributed by atoms with Gasteiger partial charge in [-0.15, -0.1) is 0 Å². The van der Waals surface area contributed by atoms with Gasteiger partial charge in [0.05, 0.1) is 12.7 Å². The third-order valence-corrected chi connectivity index (χ3v) is 5.78. The van der Waals surface area contributed by atoms with Crippen molar-refractivity contribution < 1.29 is 4.74 Å². The largest absolute Gasteiger partial charge is 0.360 e. The summed E-state index contributed by atoms with van der Waals surface area (Å²) in [4.78, 5) is 0. The van der Waals surface area contributed by atoms with Crippen molar-refractivity contribution in [1.29, 1.82) is 5.26 Å². The number of hydrogen-bond donors (Lipinski definition) is 0. The van der Waals surface area contributed by atoms with E-state index in [0.717, 1.165) is 31.3 Å². The molecule has 0 N–H and O–H groups in total. The zero-order chi connectivity index (χ0) is 15.1. The maximum absolute atomic E-state index is 9.61. The number of nitriles is 1. The van der Waals surface area contributed by atoms with Crippen LogP contribution in [0.2, 0.25) is 0 Å². The molecule has 2 aliphatic carbocycles. The van der Waals surface area contributed by atoms with Crippen molar-refractivity contribution in [3.05, 3.63) is 0 Å². The minimum atomic E-state index is -0.465. The van der Waals surface area contributed by atoms with E-state index in [9.17, 15) is 5.26 Å². The molecule has 2 fully saturated rings. The Balaban J connectivity index is 1.80. The predicted molar refractivity (Wildman–Crippen MR) is 86.9 cm³/mol. The molecule has 0 spiro atoms. The summed E-state index contributed by atoms with van der Waals surface area (Å²) in [5.74, 6) is 2.38. The predicted octanol–water partition coefficient (Wildman–Crippen LogP) is 5.47. The maximum Gasteiger partial charge on any atom is 0.154 e. The topological polar surface area (TPSA) is 33.0 Å². The van der Waals surface area contributed by atoms with Crippen LogP contribution in [-0.4, -0.2) is 12.2 Å². The van der Waals surface area contributed by atoms with Gasteiger partial charge in [-0.3, -0.25) is 0 Å². The van der Waals surface area contributed by atoms with Gasteiger partial charge in [-0.25, -0.2) is 0 Å². The normalized spacial score (nSPS) is 32.5. The Kier molecular flexibility index (Phi) is 6.55. The van der Waals surface area contributed by atoms with Gasteiger partial charge in [0, 0.05) is 0 Å². The first kappa shape index (κ1) is 16.8. The van der Waals surface area contributed by atoms with Gasteiger partial charge in [0.15, 0.2) is 5.60 Å². The fourth-order valence-electron chi connectivity index (χ4n) is 4.35. The van der Waals surface area contributed by atoms with Crippen molar-refractivity contribution in [2.24, 2.45) is 17.8 Å². The Morgan fingerprint density at radius 3 is 2.29 bits per heavy atom. The average molecular weight is 291 g/mol. The fraction of sp³-hybridized carbons (Fsp3) is 0.947. The molecule has 0 radical (unpaired) electrons. The standard InChI is InChI=1S/C19H33NO/c1-3-7-16(2)14-21-19(15-20)12-10-18(11-13-19)17-8-5-4-6-9-17/h16-18H,3-14H2,1-2H3. The van der Waals surface area contributed by atoms with E-state index in [4.69, 9.17) is 4.74 Å². The third-order valence-electron chi connectivity index (χ3n) is 5.78. The molecule has 2 heteroatoms. The van der Waals surface area contributed by atoms with Crippen LogP contribution in [0.5, 0.6) is 0 Å². The summed E-state index contributed by atoms with van der Waals surface area (Å²) in [7, 11) is 0. The Morgan fingerprint density at radius 2 is 1.71 bits per heavy atom. The Morgan fingerprint density at radius 1 is 1.10 bits per heavy atom. The summed E-state index contributed by atoms with van der Waals surface area (Å²) in [5, 5.41) is 9.61. The van der Waals surface area contributed by atoms with Crippen LogP contribution in [0.15, 0.2) is 0 Å². The van der Waals surface area contributed by atoms with E-state index in [-0.39, 0.29) is 0 Å². The lowest BCUT2D eigenvalue weighted by molar-refractivity contribution is -0.0563. The molecule has 2 rings (SSSR count). The van der Waals surface area contributed by atoms with Crippen LogP contribution < -0.4 is 0 Å². The zero-order valence-electron chi connectivity index (χ0n) is 14.1. The first-order valence-corrected chi connectivity index (χ1v) is 9.24. The molecular weight excluding hydrogens is 258 g/mol. The highest BCUT2D eigenvalue weighted by molar-refractivity contribution is 5.05. The second-order valence-electron chi connectivity index (χ2n) is 7.55. The van der Waals surface area contributed by atoms with Gasteiger partial charge in [0.1, 0.15) is 0 Å². The lowest BCUT2D eigenvalue weighted by atomic mass is 9.70. The highest BCUT2D eigenvalue weighted by Gasteiger charge is 2.39. The van der Waals surface area contributed by atoms with Gasteiger partial charge in [-0.05, 0) is 49.9 Å². The van der Waals surface area contributed by atoms with Crippen molar-refractivity contribution in [2.45, 2.75) is 90.1 Å². The van der Waals surface area contributed by atoms with Crippen molar-refractivity contribution >= 4 is 0 Å². The SMILES string of the molecule is CCCC(C)COC1(C#N)CCC(C2CCCCC2)CC1. The second kappa shape index (κ2) is 8.18. The summed E-state index contributed by atoms with van der Waals surface area (Å²) < 4.78 is 6.11. The Bertz CT molecular complexity index is 332. The number of rotatable bonds is 6. The molecule has 2 nitrogen and oxygen atoms in total. The third kappa shape index (κ3) is 4.71. The molecule has 0 aromatic carbocycles. The molecule has 0 bridgehead atoms. The van der Waals surface area contributed by atoms with E-state index < -0.39 is 5.60 Å². The van der Waals surface area contributed by atoms with Crippen LogP contribution in [-0.2, 0) is 4.74 Å². The molecule has 0 aromatic rings. The first-order valence-electron chi connectivity index (χ1n) is 9.24. The molecule has 1 atom stereocenters. The lowest BCUT2D eigenvalue weighted by Gasteiger charge is -2.39. The smallest absolute Gasteiger partial charge is 0.154 e. The van der Waals surface area contributed by atoms with Crippen LogP contribution >= 0.6 is 0 Å². The Labute approximate surface area is 131 Å². The van der Waals surface area contributed by atoms with Gasteiger partial charge in [0.25, 0.3) is 0 Å². The van der Waals surface area contributed by atoms with Gasteiger partial charge >= 0.3 is 0 Å². The van der Waals surface area contributed by atoms with E-state index >= 15 is 0 Å². The highest BCUT2D eigenvalue weighted by atomic mass is 16.5. The van der Waals surface area contributed by atoms with Crippen molar-refractivity contribution in [3.8, 4) is 6.07 Å². The summed E-state index contributed by atoms with van der Waals surface area (Å²) in [6, 6.07) is 2.52. The highest BCUT2D eigenvalue weighted by Crippen LogP contribution is 2.42. The number of hydrogen-bond acceptors (Lipinski definition) is 2. The van der Waals surface area contributed by atoms with Crippen molar-refractivity contribution in [3.63, 3.8) is 0 Å². The zero-order valence-corrected chi connectivity index (χ0v) is 14.1. The van der Waals surface area contributed by atoms with Crippen molar-refractivity contribution in [2.75, 3.05) is 6.61 Å². The molecule has 2 aliphatic rings. The lowest BCUT2D eigenvalue weighted by Crippen LogP contribution is -2.38. The second-order valence-corrected chi connectivity index (χ2v) is 7.55. The summed E-state index contributed by atoms with van der Waals surface area (Å²) >= 11 is 0. The first-order chi connectivity index (χ1) is 10.2. The van der Waals surface area contributed by atoms with Crippen LogP contribution in [0.25, 0.3) is 0 Å². The van der Waals surface area contributed by atoms with E-state index in [1.54, 1.807) is 0 Å². The minimum Gasteiger partial charge on any atom is -0.360 e. The molecule has 1 unspecified atom stereocenters. The van der Waals surface area contributed by atoms with Crippen LogP contribution in [0, 0.1) is 29.1 Å². The molecule has 0 saturated heterocycles. The summed E-state index contributed by atoms with van der Waals surface area (Å²) in [6.45, 7) is 5.21. The molecule has 21 heavy (non-hydrogen) atoms. The molecule has 0 aliphatic heterocycles. The monoisotopic (exact) mass is 291 g/mol. The van der Waals surface area contributed by atoms with E-state index in [1.165, 1.54) is 57.8 Å². The fourth-order valence-corrected chi connectivity index (χ4v) is 4.35. The minimum absolute atomic E-state index is 0.465. The van der Waals surface area contributed by atoms with Crippen molar-refractivity contribution in [1.82, 2.24) is 0 Å². The van der Waals surface area contributed by atoms with Gasteiger partial charge in [0.2, 0.25) is 0 Å². The maximum atomic E-state index is 9.61. The van der Waals surface area contributed by atoms with E-state index in [0.29, 0.717) is 5.92 Å². The van der Waals surface area contributed by atoms with Crippen LogP contribution in [0.1, 0.15) is 84.5 Å². The molecule has 120 valence electrons. The van der Waals surface area contributed by atoms with Crippen LogP contribution in [0.3, 0.4) is 0 Å². The van der Waals surface area contributed by atoms with Crippen LogP contribution in [0.4, 0.5) is 0 Å². The average Bonchev–Trinajstić information content (AvgIpc) is 2.55. The molecule has 0 amide bonds. The molecular formula is C19H33NO. The number of nitrogens with zero attached hydrogens (tertiary/aromatic N) is 1. The van der Waals surface area contributed by atoms with Gasteiger partial charge in [-0.2, -0.15) is 5.26 Å². The Hall–Kier alpha value is -0.550. The van der Waals surface area contributed by atoms with E-state index in [2.05, 4.69) is 19.9 Å². The summed E-state index contributed by atoms with van der Waals surface area (Å²) in [5.41, 5.74) is -0.465.